The molecule has 0 radical (unpaired) electrons. The van der Waals surface area contributed by atoms with Crippen molar-refractivity contribution < 1.29 is 32.5 Å². The van der Waals surface area contributed by atoms with E-state index in [1.54, 1.807) is 6.92 Å². The second kappa shape index (κ2) is 8.86. The van der Waals surface area contributed by atoms with E-state index < -0.39 is 17.7 Å². The molecule has 0 saturated carbocycles. The number of hydrogen-bond acceptors (Lipinski definition) is 6. The summed E-state index contributed by atoms with van der Waals surface area (Å²) in [6.45, 7) is 1.95. The molecule has 1 aromatic carbocycles. The number of nitrogens with zero attached hydrogens (tertiary/aromatic N) is 2. The molecule has 1 aromatic heterocycles. The van der Waals surface area contributed by atoms with Crippen molar-refractivity contribution in [1.29, 1.82) is 0 Å². The van der Waals surface area contributed by atoms with Crippen LogP contribution in [0.3, 0.4) is 0 Å². The van der Waals surface area contributed by atoms with Gasteiger partial charge in [-0.25, -0.2) is 4.79 Å². The van der Waals surface area contributed by atoms with Crippen molar-refractivity contribution in [2.24, 2.45) is 0 Å². The summed E-state index contributed by atoms with van der Waals surface area (Å²) in [5, 5.41) is 12.4. The zero-order valence-corrected chi connectivity index (χ0v) is 16.5. The molecule has 1 saturated heterocycles. The van der Waals surface area contributed by atoms with Gasteiger partial charge in [-0.3, -0.25) is 0 Å². The lowest BCUT2D eigenvalue weighted by Crippen LogP contribution is -2.29. The predicted octanol–water partition coefficient (Wildman–Crippen LogP) is 4.23. The summed E-state index contributed by atoms with van der Waals surface area (Å²) in [5.41, 5.74) is 0.221. The van der Waals surface area contributed by atoms with E-state index in [0.717, 1.165) is 25.0 Å². The number of benzene rings is 1. The molecule has 2 N–H and O–H groups in total. The van der Waals surface area contributed by atoms with E-state index in [-0.39, 0.29) is 23.9 Å². The van der Waals surface area contributed by atoms with E-state index in [1.807, 2.05) is 0 Å². The molecule has 7 nitrogen and oxygen atoms in total. The highest BCUT2D eigenvalue weighted by molar-refractivity contribution is 5.88. The number of rotatable bonds is 6. The Labute approximate surface area is 171 Å². The van der Waals surface area contributed by atoms with Crippen LogP contribution in [0.4, 0.5) is 19.0 Å². The fourth-order valence-corrected chi connectivity index (χ4v) is 3.36. The summed E-state index contributed by atoms with van der Waals surface area (Å²) in [6, 6.07) is 4.95. The van der Waals surface area contributed by atoms with Gasteiger partial charge in [0.25, 0.3) is 0 Å². The Hall–Kier alpha value is -2.88. The predicted molar refractivity (Wildman–Crippen MR) is 102 cm³/mol. The number of ether oxygens (including phenoxy) is 2. The van der Waals surface area contributed by atoms with Crippen LogP contribution in [0.15, 0.2) is 24.3 Å². The minimum Gasteiger partial charge on any atom is -0.476 e. The summed E-state index contributed by atoms with van der Waals surface area (Å²) in [7, 11) is 1.35. The van der Waals surface area contributed by atoms with Crippen molar-refractivity contribution in [1.82, 2.24) is 9.97 Å². The average molecular weight is 425 g/mol. The SMILES string of the molecule is COc1nc(NC[C@H]2CCC[C@@H](c3ccc(C(F)(F)F)cc3)O2)c(C)c(C(=O)O)n1. The van der Waals surface area contributed by atoms with Gasteiger partial charge in [-0.1, -0.05) is 12.1 Å². The van der Waals surface area contributed by atoms with Gasteiger partial charge in [-0.2, -0.15) is 23.1 Å². The number of nitrogens with one attached hydrogen (secondary N) is 1. The highest BCUT2D eigenvalue weighted by atomic mass is 19.4. The van der Waals surface area contributed by atoms with Gasteiger partial charge in [0.15, 0.2) is 5.69 Å². The number of anilines is 1. The molecule has 1 aliphatic heterocycles. The minimum absolute atomic E-state index is 0.0623. The van der Waals surface area contributed by atoms with E-state index in [9.17, 15) is 23.1 Å². The second-order valence-corrected chi connectivity index (χ2v) is 7.02. The van der Waals surface area contributed by atoms with Crippen LogP contribution in [-0.2, 0) is 10.9 Å². The van der Waals surface area contributed by atoms with Gasteiger partial charge in [0, 0.05) is 12.1 Å². The number of halogens is 3. The number of aromatic carboxylic acids is 1. The summed E-state index contributed by atoms with van der Waals surface area (Å²) in [4.78, 5) is 19.4. The molecule has 0 aliphatic carbocycles. The standard InChI is InChI=1S/C20H22F3N3O4/c1-11-16(18(27)28)25-19(29-2)26-17(11)24-10-14-4-3-5-15(30-14)12-6-8-13(9-7-12)20(21,22)23/h6-9,14-15H,3-5,10H2,1-2H3,(H,27,28)(H,24,25,26)/t14-,15+/m1/s1. The molecule has 2 aromatic rings. The third-order valence-corrected chi connectivity index (χ3v) is 4.97. The van der Waals surface area contributed by atoms with E-state index in [4.69, 9.17) is 9.47 Å². The Bertz CT molecular complexity index is 903. The Morgan fingerprint density at radius 3 is 2.57 bits per heavy atom. The van der Waals surface area contributed by atoms with E-state index in [2.05, 4.69) is 15.3 Å². The minimum atomic E-state index is -4.37. The number of carboxylic acid groups (broad SMARTS) is 1. The van der Waals surface area contributed by atoms with Crippen LogP contribution in [-0.4, -0.2) is 40.8 Å². The van der Waals surface area contributed by atoms with Gasteiger partial charge >= 0.3 is 18.2 Å². The van der Waals surface area contributed by atoms with Crippen LogP contribution < -0.4 is 10.1 Å². The molecule has 3 rings (SSSR count). The van der Waals surface area contributed by atoms with Crippen LogP contribution in [0.5, 0.6) is 6.01 Å². The van der Waals surface area contributed by atoms with Crippen molar-refractivity contribution in [3.05, 3.63) is 46.6 Å². The van der Waals surface area contributed by atoms with Crippen LogP contribution in [0, 0.1) is 6.92 Å². The van der Waals surface area contributed by atoms with Crippen LogP contribution in [0.2, 0.25) is 0 Å². The number of methoxy groups -OCH3 is 1. The second-order valence-electron chi connectivity index (χ2n) is 7.02. The zero-order valence-electron chi connectivity index (χ0n) is 16.5. The van der Waals surface area contributed by atoms with Gasteiger partial charge in [0.05, 0.1) is 24.9 Å². The molecule has 2 heterocycles. The normalized spacial score (nSPS) is 19.4. The number of carbonyl (C=O) groups is 1. The third-order valence-electron chi connectivity index (χ3n) is 4.97. The molecule has 0 spiro atoms. The molecule has 162 valence electrons. The van der Waals surface area contributed by atoms with Crippen molar-refractivity contribution in [3.63, 3.8) is 0 Å². The Morgan fingerprint density at radius 1 is 1.27 bits per heavy atom. The van der Waals surface area contributed by atoms with Gasteiger partial charge in [-0.15, -0.1) is 0 Å². The lowest BCUT2D eigenvalue weighted by molar-refractivity contribution is -0.137. The van der Waals surface area contributed by atoms with Crippen molar-refractivity contribution in [2.45, 2.75) is 44.6 Å². The first-order chi connectivity index (χ1) is 14.2. The Balaban J connectivity index is 1.67. The average Bonchev–Trinajstić information content (AvgIpc) is 2.72. The van der Waals surface area contributed by atoms with Crippen LogP contribution in [0.25, 0.3) is 0 Å². The van der Waals surface area contributed by atoms with Crippen LogP contribution in [0.1, 0.15) is 52.5 Å². The summed E-state index contributed by atoms with van der Waals surface area (Å²) in [6.07, 6.45) is -2.56. The lowest BCUT2D eigenvalue weighted by Gasteiger charge is -2.31. The Kier molecular flexibility index (Phi) is 6.45. The number of aromatic nitrogens is 2. The van der Waals surface area contributed by atoms with Crippen LogP contribution >= 0.6 is 0 Å². The van der Waals surface area contributed by atoms with Crippen molar-refractivity contribution in [3.8, 4) is 6.01 Å². The van der Waals surface area contributed by atoms with E-state index in [1.165, 1.54) is 19.2 Å². The summed E-state index contributed by atoms with van der Waals surface area (Å²) >= 11 is 0. The zero-order chi connectivity index (χ0) is 21.9. The molecule has 30 heavy (non-hydrogen) atoms. The van der Waals surface area contributed by atoms with Gasteiger partial charge < -0.3 is 19.9 Å². The van der Waals surface area contributed by atoms with E-state index >= 15 is 0 Å². The largest absolute Gasteiger partial charge is 0.476 e. The van der Waals surface area contributed by atoms with Gasteiger partial charge in [0.1, 0.15) is 5.82 Å². The highest BCUT2D eigenvalue weighted by Gasteiger charge is 2.31. The van der Waals surface area contributed by atoms with Gasteiger partial charge in [0.2, 0.25) is 0 Å². The van der Waals surface area contributed by atoms with Crippen molar-refractivity contribution in [2.75, 3.05) is 19.0 Å². The monoisotopic (exact) mass is 425 g/mol. The van der Waals surface area contributed by atoms with Crippen molar-refractivity contribution >= 4 is 11.8 Å². The first kappa shape index (κ1) is 21.8. The maximum atomic E-state index is 12.8. The van der Waals surface area contributed by atoms with Gasteiger partial charge in [-0.05, 0) is 43.9 Å². The molecule has 0 bridgehead atoms. The Morgan fingerprint density at radius 2 is 1.97 bits per heavy atom. The summed E-state index contributed by atoms with van der Waals surface area (Å²) < 4.78 is 49.3. The molecule has 0 amide bonds. The molecule has 1 aliphatic rings. The smallest absolute Gasteiger partial charge is 0.416 e. The molecule has 1 fully saturated rings. The maximum absolute atomic E-state index is 12.8. The highest BCUT2D eigenvalue weighted by Crippen LogP contribution is 2.34. The molecule has 0 unspecified atom stereocenters. The summed E-state index contributed by atoms with van der Waals surface area (Å²) in [5.74, 6) is -0.855. The first-order valence-corrected chi connectivity index (χ1v) is 9.41. The number of hydrogen-bond donors (Lipinski definition) is 2. The number of carboxylic acids is 1. The molecular weight excluding hydrogens is 403 g/mol. The first-order valence-electron chi connectivity index (χ1n) is 9.41. The fourth-order valence-electron chi connectivity index (χ4n) is 3.36. The molecular formula is C20H22F3N3O4. The fraction of sp³-hybridized carbons (Fsp3) is 0.450. The lowest BCUT2D eigenvalue weighted by atomic mass is 9.97. The maximum Gasteiger partial charge on any atom is 0.416 e. The number of alkyl halides is 3. The molecule has 2 atom stereocenters. The quantitative estimate of drug-likeness (QED) is 0.715. The third kappa shape index (κ3) is 4.99. The topological polar surface area (TPSA) is 93.6 Å². The molecule has 10 heteroatoms. The van der Waals surface area contributed by atoms with E-state index in [0.29, 0.717) is 29.9 Å².